The maximum atomic E-state index is 5.67. The number of hydrogen-bond acceptors (Lipinski definition) is 4. The highest BCUT2D eigenvalue weighted by Gasteiger charge is 2.02. The zero-order chi connectivity index (χ0) is 17.0. The van der Waals surface area contributed by atoms with Crippen LogP contribution in [0.5, 0.6) is 5.75 Å². The minimum absolute atomic E-state index is 0.687. The molecule has 0 fully saturated rings. The standard InChI is InChI=1S/C18H26N4OS/c1-3-16-14-22-17(24-16)10-12-21-18(19-2)20-11-7-13-23-15-8-5-4-6-9-15/h4-6,8-9,14H,3,7,10-13H2,1-2H3,(H2,19,20,21). The summed E-state index contributed by atoms with van der Waals surface area (Å²) in [4.78, 5) is 10.00. The van der Waals surface area contributed by atoms with E-state index < -0.39 is 0 Å². The van der Waals surface area contributed by atoms with Gasteiger partial charge >= 0.3 is 0 Å². The first-order valence-corrected chi connectivity index (χ1v) is 9.19. The van der Waals surface area contributed by atoms with E-state index in [1.807, 2.05) is 36.5 Å². The van der Waals surface area contributed by atoms with Crippen LogP contribution in [0.2, 0.25) is 0 Å². The molecule has 0 atom stereocenters. The monoisotopic (exact) mass is 346 g/mol. The van der Waals surface area contributed by atoms with Gasteiger partial charge in [-0.3, -0.25) is 4.99 Å². The van der Waals surface area contributed by atoms with Crippen LogP contribution in [-0.4, -0.2) is 37.7 Å². The van der Waals surface area contributed by atoms with Crippen molar-refractivity contribution in [2.75, 3.05) is 26.7 Å². The van der Waals surface area contributed by atoms with Crippen molar-refractivity contribution in [2.45, 2.75) is 26.2 Å². The molecule has 2 rings (SSSR count). The van der Waals surface area contributed by atoms with E-state index in [9.17, 15) is 0 Å². The second kappa shape index (κ2) is 10.6. The lowest BCUT2D eigenvalue weighted by molar-refractivity contribution is 0.311. The van der Waals surface area contributed by atoms with Gasteiger partial charge in [0.2, 0.25) is 0 Å². The van der Waals surface area contributed by atoms with E-state index in [1.54, 1.807) is 18.4 Å². The quantitative estimate of drug-likeness (QED) is 0.416. The third kappa shape index (κ3) is 6.58. The number of aliphatic imine (C=N–C) groups is 1. The highest BCUT2D eigenvalue weighted by Crippen LogP contribution is 2.13. The Balaban J connectivity index is 1.57. The van der Waals surface area contributed by atoms with Crippen molar-refractivity contribution in [2.24, 2.45) is 4.99 Å². The summed E-state index contributed by atoms with van der Waals surface area (Å²) in [5.41, 5.74) is 0. The summed E-state index contributed by atoms with van der Waals surface area (Å²) in [7, 11) is 1.79. The summed E-state index contributed by atoms with van der Waals surface area (Å²) in [5, 5.41) is 7.79. The summed E-state index contributed by atoms with van der Waals surface area (Å²) < 4.78 is 5.67. The lowest BCUT2D eigenvalue weighted by Crippen LogP contribution is -2.39. The van der Waals surface area contributed by atoms with Crippen LogP contribution in [0, 0.1) is 0 Å². The van der Waals surface area contributed by atoms with E-state index in [2.05, 4.69) is 27.5 Å². The fourth-order valence-corrected chi connectivity index (χ4v) is 2.98. The highest BCUT2D eigenvalue weighted by molar-refractivity contribution is 7.11. The molecule has 24 heavy (non-hydrogen) atoms. The van der Waals surface area contributed by atoms with Gasteiger partial charge in [0.25, 0.3) is 0 Å². The lowest BCUT2D eigenvalue weighted by atomic mass is 10.3. The van der Waals surface area contributed by atoms with Crippen LogP contribution in [-0.2, 0) is 12.8 Å². The summed E-state index contributed by atoms with van der Waals surface area (Å²) in [6, 6.07) is 9.88. The minimum atomic E-state index is 0.687. The lowest BCUT2D eigenvalue weighted by Gasteiger charge is -2.11. The smallest absolute Gasteiger partial charge is 0.190 e. The van der Waals surface area contributed by atoms with Crippen molar-refractivity contribution in [3.63, 3.8) is 0 Å². The molecule has 0 unspecified atom stereocenters. The molecule has 1 aromatic heterocycles. The maximum absolute atomic E-state index is 5.67. The van der Waals surface area contributed by atoms with Gasteiger partial charge in [0.1, 0.15) is 5.75 Å². The van der Waals surface area contributed by atoms with Crippen LogP contribution in [0.3, 0.4) is 0 Å². The summed E-state index contributed by atoms with van der Waals surface area (Å²) in [5.74, 6) is 1.73. The third-order valence-electron chi connectivity index (χ3n) is 3.43. The molecule has 0 saturated carbocycles. The van der Waals surface area contributed by atoms with Crippen LogP contribution in [0.1, 0.15) is 23.2 Å². The van der Waals surface area contributed by atoms with Crippen LogP contribution < -0.4 is 15.4 Å². The maximum Gasteiger partial charge on any atom is 0.190 e. The van der Waals surface area contributed by atoms with E-state index in [1.165, 1.54) is 9.88 Å². The highest BCUT2D eigenvalue weighted by atomic mass is 32.1. The molecule has 1 aromatic carbocycles. The Morgan fingerprint density at radius 3 is 2.71 bits per heavy atom. The number of nitrogens with one attached hydrogen (secondary N) is 2. The SMILES string of the molecule is CCc1cnc(CCNC(=NC)NCCCOc2ccccc2)s1. The van der Waals surface area contributed by atoms with Gasteiger partial charge in [-0.15, -0.1) is 11.3 Å². The average molecular weight is 346 g/mol. The summed E-state index contributed by atoms with van der Waals surface area (Å²) >= 11 is 1.79. The number of aryl methyl sites for hydroxylation is 1. The van der Waals surface area contributed by atoms with Gasteiger partial charge < -0.3 is 15.4 Å². The summed E-state index contributed by atoms with van der Waals surface area (Å²) in [6.07, 6.45) is 4.86. The van der Waals surface area contributed by atoms with E-state index in [-0.39, 0.29) is 0 Å². The van der Waals surface area contributed by atoms with Crippen molar-refractivity contribution >= 4 is 17.3 Å². The number of aromatic nitrogens is 1. The predicted molar refractivity (Wildman–Crippen MR) is 101 cm³/mol. The normalized spacial score (nSPS) is 11.3. The number of rotatable bonds is 9. The fourth-order valence-electron chi connectivity index (χ4n) is 2.12. The zero-order valence-electron chi connectivity index (χ0n) is 14.4. The van der Waals surface area contributed by atoms with Crippen LogP contribution in [0.4, 0.5) is 0 Å². The average Bonchev–Trinajstić information content (AvgIpc) is 3.09. The van der Waals surface area contributed by atoms with Gasteiger partial charge in [0.05, 0.1) is 11.6 Å². The van der Waals surface area contributed by atoms with Crippen LogP contribution in [0.25, 0.3) is 0 Å². The molecule has 2 N–H and O–H groups in total. The van der Waals surface area contributed by atoms with Crippen LogP contribution >= 0.6 is 11.3 Å². The van der Waals surface area contributed by atoms with E-state index in [0.717, 1.165) is 44.1 Å². The molecule has 0 aliphatic heterocycles. The minimum Gasteiger partial charge on any atom is -0.494 e. The number of ether oxygens (including phenoxy) is 1. The van der Waals surface area contributed by atoms with Crippen LogP contribution in [0.15, 0.2) is 41.5 Å². The number of guanidine groups is 1. The number of benzene rings is 1. The molecule has 130 valence electrons. The Morgan fingerprint density at radius 1 is 1.21 bits per heavy atom. The topological polar surface area (TPSA) is 58.5 Å². The molecule has 0 aliphatic carbocycles. The number of nitrogens with zero attached hydrogens (tertiary/aromatic N) is 2. The molecule has 0 saturated heterocycles. The molecule has 0 bridgehead atoms. The molecule has 0 spiro atoms. The molecule has 6 heteroatoms. The van der Waals surface area contributed by atoms with Crippen molar-refractivity contribution < 1.29 is 4.74 Å². The molecule has 0 aliphatic rings. The van der Waals surface area contributed by atoms with Gasteiger partial charge in [0, 0.05) is 37.6 Å². The van der Waals surface area contributed by atoms with Gasteiger partial charge in [0.15, 0.2) is 5.96 Å². The molecule has 5 nitrogen and oxygen atoms in total. The van der Waals surface area contributed by atoms with Gasteiger partial charge in [-0.2, -0.15) is 0 Å². The largest absolute Gasteiger partial charge is 0.494 e. The van der Waals surface area contributed by atoms with Gasteiger partial charge in [-0.1, -0.05) is 25.1 Å². The number of para-hydroxylation sites is 1. The number of hydrogen-bond donors (Lipinski definition) is 2. The van der Waals surface area contributed by atoms with Crippen molar-refractivity contribution in [1.82, 2.24) is 15.6 Å². The number of thiazole rings is 1. The van der Waals surface area contributed by atoms with E-state index in [0.29, 0.717) is 6.61 Å². The molecular weight excluding hydrogens is 320 g/mol. The summed E-state index contributed by atoms with van der Waals surface area (Å²) in [6.45, 7) is 4.50. The van der Waals surface area contributed by atoms with Crippen molar-refractivity contribution in [3.05, 3.63) is 46.4 Å². The molecule has 1 heterocycles. The first kappa shape index (κ1) is 18.3. The van der Waals surface area contributed by atoms with E-state index in [4.69, 9.17) is 4.74 Å². The van der Waals surface area contributed by atoms with Gasteiger partial charge in [-0.25, -0.2) is 4.98 Å². The fraction of sp³-hybridized carbons (Fsp3) is 0.444. The second-order valence-electron chi connectivity index (χ2n) is 5.26. The Bertz CT molecular complexity index is 612. The van der Waals surface area contributed by atoms with Crippen molar-refractivity contribution in [1.29, 1.82) is 0 Å². The Morgan fingerprint density at radius 2 is 2.00 bits per heavy atom. The Labute approximate surface area is 148 Å². The van der Waals surface area contributed by atoms with Gasteiger partial charge in [-0.05, 0) is 25.0 Å². The molecule has 0 radical (unpaired) electrons. The van der Waals surface area contributed by atoms with Crippen molar-refractivity contribution in [3.8, 4) is 5.75 Å². The first-order chi connectivity index (χ1) is 11.8. The first-order valence-electron chi connectivity index (χ1n) is 8.37. The predicted octanol–water partition coefficient (Wildman–Crippen LogP) is 2.88. The molecule has 0 amide bonds. The second-order valence-corrected chi connectivity index (χ2v) is 6.46. The molecule has 2 aromatic rings. The molecular formula is C18H26N4OS. The Hall–Kier alpha value is -2.08. The third-order valence-corrected chi connectivity index (χ3v) is 4.63. The Kier molecular flexibility index (Phi) is 8.10. The zero-order valence-corrected chi connectivity index (χ0v) is 15.2. The van der Waals surface area contributed by atoms with E-state index >= 15 is 0 Å².